The quantitative estimate of drug-likeness (QED) is 0.275. The average molecular weight is 379 g/mol. The van der Waals surface area contributed by atoms with Crippen LogP contribution in [0.2, 0.25) is 0 Å². The number of aromatic hydroxyl groups is 1. The molecule has 3 nitrogen and oxygen atoms in total. The molecule has 1 aromatic rings. The Hall–Kier alpha value is -1.06. The zero-order chi connectivity index (χ0) is 19.7. The lowest BCUT2D eigenvalue weighted by molar-refractivity contribution is 0.263. The second-order valence-corrected chi connectivity index (χ2v) is 7.93. The number of phenols is 1. The van der Waals surface area contributed by atoms with Crippen molar-refractivity contribution in [2.75, 3.05) is 0 Å². The number of aliphatic hydroxyl groups excluding tert-OH is 2. The fraction of sp³-hybridized carbons (Fsp3) is 0.750. The number of aryl methyl sites for hydroxylation is 1. The number of aliphatic hydroxyl groups is 2. The third-order valence-electron chi connectivity index (χ3n) is 5.49. The van der Waals surface area contributed by atoms with Gasteiger partial charge in [0, 0.05) is 11.1 Å². The Balaban J connectivity index is 2.00. The van der Waals surface area contributed by atoms with Gasteiger partial charge in [-0.3, -0.25) is 0 Å². The van der Waals surface area contributed by atoms with E-state index in [9.17, 15) is 15.3 Å². The van der Waals surface area contributed by atoms with Gasteiger partial charge in [0.2, 0.25) is 0 Å². The standard InChI is InChI=1S/C24H42O3/c1-2-3-4-5-6-7-8-9-10-11-12-13-14-15-16-21-17-22(19-25)24(27)23(18-21)20-26/h17-18,25-27H,2-16,19-20H2,1H3. The molecular weight excluding hydrogens is 336 g/mol. The Kier molecular flexibility index (Phi) is 14.2. The number of benzene rings is 1. The molecule has 0 saturated heterocycles. The Bertz CT molecular complexity index is 460. The molecule has 0 spiro atoms. The smallest absolute Gasteiger partial charge is 0.126 e. The number of unbranched alkanes of at least 4 members (excludes halogenated alkanes) is 13. The molecule has 0 heterocycles. The van der Waals surface area contributed by atoms with E-state index in [4.69, 9.17) is 0 Å². The number of rotatable bonds is 17. The molecule has 0 bridgehead atoms. The van der Waals surface area contributed by atoms with E-state index in [-0.39, 0.29) is 19.0 Å². The van der Waals surface area contributed by atoms with Crippen LogP contribution in [0.1, 0.15) is 114 Å². The molecule has 3 N–H and O–H groups in total. The van der Waals surface area contributed by atoms with Gasteiger partial charge in [0.1, 0.15) is 5.75 Å². The third-order valence-corrected chi connectivity index (χ3v) is 5.49. The van der Waals surface area contributed by atoms with Gasteiger partial charge >= 0.3 is 0 Å². The van der Waals surface area contributed by atoms with Crippen LogP contribution < -0.4 is 0 Å². The van der Waals surface area contributed by atoms with Gasteiger partial charge in [0.25, 0.3) is 0 Å². The zero-order valence-electron chi connectivity index (χ0n) is 17.5. The van der Waals surface area contributed by atoms with Gasteiger partial charge in [-0.2, -0.15) is 0 Å². The monoisotopic (exact) mass is 378 g/mol. The highest BCUT2D eigenvalue weighted by Crippen LogP contribution is 2.26. The number of hydrogen-bond acceptors (Lipinski definition) is 3. The van der Waals surface area contributed by atoms with Crippen molar-refractivity contribution in [3.8, 4) is 5.75 Å². The van der Waals surface area contributed by atoms with Crippen molar-refractivity contribution in [1.82, 2.24) is 0 Å². The molecule has 0 aliphatic rings. The van der Waals surface area contributed by atoms with Crippen molar-refractivity contribution in [3.05, 3.63) is 28.8 Å². The van der Waals surface area contributed by atoms with Crippen molar-refractivity contribution in [2.45, 2.75) is 116 Å². The van der Waals surface area contributed by atoms with Crippen molar-refractivity contribution >= 4 is 0 Å². The fourth-order valence-corrected chi connectivity index (χ4v) is 3.74. The van der Waals surface area contributed by atoms with Crippen molar-refractivity contribution in [2.24, 2.45) is 0 Å². The maximum absolute atomic E-state index is 9.89. The molecule has 0 aromatic heterocycles. The van der Waals surface area contributed by atoms with Crippen LogP contribution in [0, 0.1) is 0 Å². The van der Waals surface area contributed by atoms with E-state index in [0.717, 1.165) is 18.4 Å². The predicted octanol–water partition coefficient (Wildman–Crippen LogP) is 6.40. The molecular formula is C24H42O3. The minimum Gasteiger partial charge on any atom is -0.507 e. The van der Waals surface area contributed by atoms with Gasteiger partial charge in [-0.05, 0) is 30.5 Å². The van der Waals surface area contributed by atoms with Gasteiger partial charge in [-0.15, -0.1) is 0 Å². The summed E-state index contributed by atoms with van der Waals surface area (Å²) in [7, 11) is 0. The lowest BCUT2D eigenvalue weighted by atomic mass is 9.99. The number of hydrogen-bond donors (Lipinski definition) is 3. The van der Waals surface area contributed by atoms with Gasteiger partial charge in [0.05, 0.1) is 13.2 Å². The van der Waals surface area contributed by atoms with Crippen LogP contribution in [0.25, 0.3) is 0 Å². The van der Waals surface area contributed by atoms with Crippen LogP contribution in [-0.2, 0) is 19.6 Å². The summed E-state index contributed by atoms with van der Waals surface area (Å²) >= 11 is 0. The Morgan fingerprint density at radius 1 is 0.593 bits per heavy atom. The first-order valence-electron chi connectivity index (χ1n) is 11.3. The van der Waals surface area contributed by atoms with E-state index in [1.165, 1.54) is 83.5 Å². The third kappa shape index (κ3) is 10.8. The Labute approximate surface area is 166 Å². The molecule has 1 rings (SSSR count). The van der Waals surface area contributed by atoms with Crippen LogP contribution in [0.3, 0.4) is 0 Å². The summed E-state index contributed by atoms with van der Waals surface area (Å²) in [5, 5.41) is 28.5. The highest BCUT2D eigenvalue weighted by Gasteiger charge is 2.08. The van der Waals surface area contributed by atoms with Crippen LogP contribution in [0.5, 0.6) is 5.75 Å². The second kappa shape index (κ2) is 15.9. The fourth-order valence-electron chi connectivity index (χ4n) is 3.74. The van der Waals surface area contributed by atoms with Crippen LogP contribution >= 0.6 is 0 Å². The normalized spacial score (nSPS) is 11.2. The van der Waals surface area contributed by atoms with E-state index in [1.807, 2.05) is 12.1 Å². The molecule has 0 aliphatic heterocycles. The highest BCUT2D eigenvalue weighted by atomic mass is 16.3. The van der Waals surface area contributed by atoms with Crippen LogP contribution in [-0.4, -0.2) is 15.3 Å². The summed E-state index contributed by atoms with van der Waals surface area (Å²) in [6.07, 6.45) is 19.9. The topological polar surface area (TPSA) is 60.7 Å². The maximum Gasteiger partial charge on any atom is 0.126 e. The highest BCUT2D eigenvalue weighted by molar-refractivity contribution is 5.43. The molecule has 0 amide bonds. The molecule has 1 aromatic carbocycles. The molecule has 0 saturated carbocycles. The summed E-state index contributed by atoms with van der Waals surface area (Å²) in [4.78, 5) is 0. The Morgan fingerprint density at radius 3 is 1.33 bits per heavy atom. The molecule has 0 radical (unpaired) electrons. The molecule has 0 atom stereocenters. The van der Waals surface area contributed by atoms with Crippen molar-refractivity contribution < 1.29 is 15.3 Å². The molecule has 0 aliphatic carbocycles. The molecule has 0 fully saturated rings. The summed E-state index contributed by atoms with van der Waals surface area (Å²) in [5.41, 5.74) is 2.13. The summed E-state index contributed by atoms with van der Waals surface area (Å²) in [6.45, 7) is 1.89. The van der Waals surface area contributed by atoms with Crippen LogP contribution in [0.15, 0.2) is 12.1 Å². The van der Waals surface area contributed by atoms with E-state index in [2.05, 4.69) is 6.92 Å². The van der Waals surface area contributed by atoms with E-state index in [0.29, 0.717) is 11.1 Å². The lowest BCUT2D eigenvalue weighted by Gasteiger charge is -2.10. The molecule has 156 valence electrons. The first-order valence-corrected chi connectivity index (χ1v) is 11.3. The summed E-state index contributed by atoms with van der Waals surface area (Å²) in [5.74, 6) is 0.0321. The predicted molar refractivity (Wildman–Crippen MR) is 114 cm³/mol. The van der Waals surface area contributed by atoms with Gasteiger partial charge < -0.3 is 15.3 Å². The van der Waals surface area contributed by atoms with E-state index >= 15 is 0 Å². The van der Waals surface area contributed by atoms with Gasteiger partial charge in [-0.25, -0.2) is 0 Å². The zero-order valence-corrected chi connectivity index (χ0v) is 17.5. The molecule has 27 heavy (non-hydrogen) atoms. The average Bonchev–Trinajstić information content (AvgIpc) is 2.69. The Morgan fingerprint density at radius 2 is 0.963 bits per heavy atom. The van der Waals surface area contributed by atoms with Crippen molar-refractivity contribution in [1.29, 1.82) is 0 Å². The second-order valence-electron chi connectivity index (χ2n) is 7.93. The first-order chi connectivity index (χ1) is 13.2. The summed E-state index contributed by atoms with van der Waals surface area (Å²) < 4.78 is 0. The van der Waals surface area contributed by atoms with Crippen LogP contribution in [0.4, 0.5) is 0 Å². The van der Waals surface area contributed by atoms with Gasteiger partial charge in [-0.1, -0.05) is 90.4 Å². The molecule has 3 heteroatoms. The summed E-state index contributed by atoms with van der Waals surface area (Å²) in [6, 6.07) is 3.72. The maximum atomic E-state index is 9.89. The molecule has 0 unspecified atom stereocenters. The minimum atomic E-state index is -0.189. The first kappa shape index (κ1) is 24.0. The lowest BCUT2D eigenvalue weighted by Crippen LogP contribution is -1.96. The van der Waals surface area contributed by atoms with Gasteiger partial charge in [0.15, 0.2) is 0 Å². The largest absolute Gasteiger partial charge is 0.507 e. The van der Waals surface area contributed by atoms with E-state index in [1.54, 1.807) is 0 Å². The minimum absolute atomic E-state index is 0.0321. The van der Waals surface area contributed by atoms with Crippen molar-refractivity contribution in [3.63, 3.8) is 0 Å². The van der Waals surface area contributed by atoms with E-state index < -0.39 is 0 Å². The SMILES string of the molecule is CCCCCCCCCCCCCCCCc1cc(CO)c(O)c(CO)c1.